The molecule has 0 saturated heterocycles. The van der Waals surface area contributed by atoms with Crippen LogP contribution in [0.4, 0.5) is 17.1 Å². The number of benzene rings is 11. The summed E-state index contributed by atoms with van der Waals surface area (Å²) in [5.41, 5.74) is 14.2. The van der Waals surface area contributed by atoms with Gasteiger partial charge in [0.1, 0.15) is 11.2 Å². The van der Waals surface area contributed by atoms with Crippen LogP contribution in [0.15, 0.2) is 241 Å². The second-order valence-electron chi connectivity index (χ2n) is 16.1. The van der Waals surface area contributed by atoms with Crippen LogP contribution in [0.3, 0.4) is 0 Å². The van der Waals surface area contributed by atoms with E-state index < -0.39 is 0 Å². The van der Waals surface area contributed by atoms with Gasteiger partial charge in [-0.15, -0.1) is 0 Å². The largest absolute Gasteiger partial charge is 0.455 e. The van der Waals surface area contributed by atoms with Crippen molar-refractivity contribution in [1.29, 1.82) is 0 Å². The minimum absolute atomic E-state index is 0.864. The van der Waals surface area contributed by atoms with E-state index in [1.807, 2.05) is 0 Å². The summed E-state index contributed by atoms with van der Waals surface area (Å²) in [6.07, 6.45) is 0. The highest BCUT2D eigenvalue weighted by atomic mass is 16.3. The number of fused-ring (bicyclic) bond motifs is 7. The average molecular weight is 790 g/mol. The van der Waals surface area contributed by atoms with Crippen molar-refractivity contribution < 1.29 is 4.42 Å². The van der Waals surface area contributed by atoms with Gasteiger partial charge in [-0.05, 0) is 126 Å². The Labute approximate surface area is 360 Å². The molecule has 0 radical (unpaired) electrons. The summed E-state index contributed by atoms with van der Waals surface area (Å²) in [5.74, 6) is 0. The molecular formula is C60H39NO. The fourth-order valence-corrected chi connectivity index (χ4v) is 9.40. The molecule has 0 amide bonds. The Morgan fingerprint density at radius 2 is 0.887 bits per heavy atom. The van der Waals surface area contributed by atoms with Gasteiger partial charge in [-0.1, -0.05) is 182 Å². The molecule has 0 aliphatic heterocycles. The first-order chi connectivity index (χ1) is 30.7. The molecule has 0 saturated carbocycles. The summed E-state index contributed by atoms with van der Waals surface area (Å²) < 4.78 is 6.88. The summed E-state index contributed by atoms with van der Waals surface area (Å²) in [6.45, 7) is 0. The van der Waals surface area contributed by atoms with Crippen LogP contribution in [0.25, 0.3) is 98.8 Å². The molecule has 0 atom stereocenters. The Hall–Kier alpha value is -8.20. The molecule has 1 aromatic heterocycles. The zero-order chi connectivity index (χ0) is 41.0. The normalized spacial score (nSPS) is 11.5. The molecule has 62 heavy (non-hydrogen) atoms. The number of hydrogen-bond donors (Lipinski definition) is 0. The first kappa shape index (κ1) is 35.7. The van der Waals surface area contributed by atoms with Gasteiger partial charge in [0.2, 0.25) is 0 Å². The van der Waals surface area contributed by atoms with Gasteiger partial charge < -0.3 is 9.32 Å². The molecule has 12 rings (SSSR count). The molecule has 12 aromatic rings. The van der Waals surface area contributed by atoms with Crippen LogP contribution in [0.5, 0.6) is 0 Å². The number of rotatable bonds is 7. The monoisotopic (exact) mass is 789 g/mol. The number of para-hydroxylation sites is 1. The second kappa shape index (κ2) is 14.8. The summed E-state index contributed by atoms with van der Waals surface area (Å²) in [4.78, 5) is 2.40. The third-order valence-electron chi connectivity index (χ3n) is 12.4. The average Bonchev–Trinajstić information content (AvgIpc) is 3.74. The van der Waals surface area contributed by atoms with Crippen molar-refractivity contribution in [2.45, 2.75) is 0 Å². The Bertz CT molecular complexity index is 3620. The van der Waals surface area contributed by atoms with Gasteiger partial charge in [-0.25, -0.2) is 0 Å². The molecular weight excluding hydrogens is 751 g/mol. The van der Waals surface area contributed by atoms with Crippen molar-refractivity contribution in [3.63, 3.8) is 0 Å². The molecule has 0 bridgehead atoms. The van der Waals surface area contributed by atoms with E-state index in [2.05, 4.69) is 241 Å². The van der Waals surface area contributed by atoms with Gasteiger partial charge in [0.05, 0.1) is 11.1 Å². The van der Waals surface area contributed by atoms with Gasteiger partial charge in [-0.3, -0.25) is 0 Å². The molecule has 1 heterocycles. The van der Waals surface area contributed by atoms with Crippen LogP contribution in [-0.2, 0) is 0 Å². The van der Waals surface area contributed by atoms with E-state index in [-0.39, 0.29) is 0 Å². The maximum absolute atomic E-state index is 6.88. The molecule has 290 valence electrons. The van der Waals surface area contributed by atoms with Crippen LogP contribution in [0.2, 0.25) is 0 Å². The third-order valence-corrected chi connectivity index (χ3v) is 12.4. The lowest BCUT2D eigenvalue weighted by molar-refractivity contribution is 0.670. The summed E-state index contributed by atoms with van der Waals surface area (Å²) in [7, 11) is 0. The second-order valence-corrected chi connectivity index (χ2v) is 16.1. The van der Waals surface area contributed by atoms with Crippen LogP contribution >= 0.6 is 0 Å². The van der Waals surface area contributed by atoms with Gasteiger partial charge in [0.15, 0.2) is 0 Å². The van der Waals surface area contributed by atoms with E-state index in [1.165, 1.54) is 54.6 Å². The Balaban J connectivity index is 1.05. The molecule has 2 nitrogen and oxygen atoms in total. The van der Waals surface area contributed by atoms with Crippen molar-refractivity contribution in [1.82, 2.24) is 0 Å². The van der Waals surface area contributed by atoms with Gasteiger partial charge in [0.25, 0.3) is 0 Å². The summed E-state index contributed by atoms with van der Waals surface area (Å²) >= 11 is 0. The maximum atomic E-state index is 6.88. The summed E-state index contributed by atoms with van der Waals surface area (Å²) in [6, 6.07) is 85.4. The molecule has 2 heteroatoms. The van der Waals surface area contributed by atoms with Crippen molar-refractivity contribution in [2.75, 3.05) is 4.90 Å². The predicted octanol–water partition coefficient (Wildman–Crippen LogP) is 17.2. The fraction of sp³-hybridized carbons (Fsp3) is 0. The van der Waals surface area contributed by atoms with E-state index in [1.54, 1.807) is 0 Å². The van der Waals surface area contributed by atoms with Crippen molar-refractivity contribution >= 4 is 71.3 Å². The molecule has 0 N–H and O–H groups in total. The van der Waals surface area contributed by atoms with Crippen LogP contribution in [0.1, 0.15) is 0 Å². The highest BCUT2D eigenvalue weighted by Gasteiger charge is 2.23. The lowest BCUT2D eigenvalue weighted by Gasteiger charge is -2.27. The highest BCUT2D eigenvalue weighted by molar-refractivity contribution is 6.18. The fourth-order valence-electron chi connectivity index (χ4n) is 9.40. The van der Waals surface area contributed by atoms with Crippen molar-refractivity contribution in [3.05, 3.63) is 237 Å². The van der Waals surface area contributed by atoms with Gasteiger partial charge in [0, 0.05) is 22.3 Å². The molecule has 0 unspecified atom stereocenters. The minimum atomic E-state index is 0.864. The molecule has 0 aliphatic carbocycles. The van der Waals surface area contributed by atoms with E-state index >= 15 is 0 Å². The van der Waals surface area contributed by atoms with Crippen LogP contribution in [0, 0.1) is 0 Å². The quantitative estimate of drug-likeness (QED) is 0.150. The van der Waals surface area contributed by atoms with E-state index in [9.17, 15) is 0 Å². The zero-order valence-electron chi connectivity index (χ0n) is 33.9. The minimum Gasteiger partial charge on any atom is -0.455 e. The van der Waals surface area contributed by atoms with E-state index in [0.29, 0.717) is 0 Å². The predicted molar refractivity (Wildman–Crippen MR) is 263 cm³/mol. The SMILES string of the molecule is c1ccc(-c2ccc(-c3cccc(N(c4ccc(-c5cc6ccccc6c6ccccc56)cc4)c4ccc(-c5ccc6ccccc6c5)c5oc6ccccc6c45)c3)cc2)cc1. The van der Waals surface area contributed by atoms with Crippen molar-refractivity contribution in [3.8, 4) is 44.5 Å². The smallest absolute Gasteiger partial charge is 0.145 e. The Kier molecular flexibility index (Phi) is 8.53. The lowest BCUT2D eigenvalue weighted by Crippen LogP contribution is -2.10. The number of hydrogen-bond acceptors (Lipinski definition) is 2. The topological polar surface area (TPSA) is 16.4 Å². The standard InChI is InChI=1S/C60H39NO/c1-2-13-40(14-3-1)42-25-27-43(28-26-42)46-18-12-19-50(38-46)61(49-33-31-44(32-34-49)56-39-47-17-6-7-20-51(47)53-21-8-9-22-54(53)56)57-36-35-52(48-30-29-41-15-4-5-16-45(41)37-48)60-59(57)55-23-10-11-24-58(55)62-60/h1-39H. The zero-order valence-corrected chi connectivity index (χ0v) is 33.9. The maximum Gasteiger partial charge on any atom is 0.145 e. The Morgan fingerprint density at radius 1 is 0.290 bits per heavy atom. The molecule has 0 fully saturated rings. The first-order valence-electron chi connectivity index (χ1n) is 21.2. The van der Waals surface area contributed by atoms with E-state index in [4.69, 9.17) is 4.42 Å². The lowest BCUT2D eigenvalue weighted by atomic mass is 9.93. The molecule has 0 spiro atoms. The first-order valence-corrected chi connectivity index (χ1v) is 21.2. The highest BCUT2D eigenvalue weighted by Crippen LogP contribution is 2.47. The number of anilines is 3. The number of furan rings is 1. The number of nitrogens with zero attached hydrogens (tertiary/aromatic N) is 1. The van der Waals surface area contributed by atoms with Crippen LogP contribution < -0.4 is 4.90 Å². The Morgan fingerprint density at radius 3 is 1.69 bits per heavy atom. The third kappa shape index (κ3) is 6.12. The molecule has 0 aliphatic rings. The molecule has 11 aromatic carbocycles. The van der Waals surface area contributed by atoms with Gasteiger partial charge >= 0.3 is 0 Å². The summed E-state index contributed by atoms with van der Waals surface area (Å²) in [5, 5.41) is 9.60. The van der Waals surface area contributed by atoms with Crippen molar-refractivity contribution in [2.24, 2.45) is 0 Å². The van der Waals surface area contributed by atoms with Gasteiger partial charge in [-0.2, -0.15) is 0 Å². The van der Waals surface area contributed by atoms with Crippen LogP contribution in [-0.4, -0.2) is 0 Å². The van der Waals surface area contributed by atoms with E-state index in [0.717, 1.165) is 61.3 Å².